The van der Waals surface area contributed by atoms with Crippen LogP contribution in [-0.2, 0) is 11.3 Å². The Labute approximate surface area is 123 Å². The first-order valence-corrected chi connectivity index (χ1v) is 7.04. The van der Waals surface area contributed by atoms with Crippen LogP contribution >= 0.6 is 0 Å². The Morgan fingerprint density at radius 3 is 2.33 bits per heavy atom. The highest BCUT2D eigenvalue weighted by molar-refractivity contribution is 5.82. The highest BCUT2D eigenvalue weighted by Crippen LogP contribution is 2.24. The Hall–Kier alpha value is -1.52. The van der Waals surface area contributed by atoms with Crippen LogP contribution < -0.4 is 0 Å². The molecule has 0 saturated carbocycles. The molecule has 1 atom stereocenters. The van der Waals surface area contributed by atoms with Crippen LogP contribution in [0.2, 0.25) is 0 Å². The Bertz CT molecular complexity index is 483. The summed E-state index contributed by atoms with van der Waals surface area (Å²) in [7, 11) is 0. The van der Waals surface area contributed by atoms with Crippen LogP contribution in [0.5, 0.6) is 0 Å². The molecule has 0 N–H and O–H groups in total. The predicted molar refractivity (Wildman–Crippen MR) is 76.7 cm³/mol. The predicted octanol–water partition coefficient (Wildman–Crippen LogP) is 4.32. The fraction of sp³-hybridized carbons (Fsp3) is 0.562. The zero-order chi connectivity index (χ0) is 16.2. The maximum Gasteiger partial charge on any atom is 0.471 e. The van der Waals surface area contributed by atoms with E-state index >= 15 is 0 Å². The molecular formula is C16H22F3NO. The highest BCUT2D eigenvalue weighted by atomic mass is 19.4. The SMILES string of the molecule is Cc1cccc(CN(C(=O)C(F)(F)F)C(C)CC(C)C)c1. The van der Waals surface area contributed by atoms with Crippen molar-refractivity contribution in [2.45, 2.75) is 52.9 Å². The van der Waals surface area contributed by atoms with E-state index < -0.39 is 18.1 Å². The number of rotatable bonds is 5. The van der Waals surface area contributed by atoms with Gasteiger partial charge in [0.15, 0.2) is 0 Å². The quantitative estimate of drug-likeness (QED) is 0.793. The molecule has 0 radical (unpaired) electrons. The van der Waals surface area contributed by atoms with E-state index in [4.69, 9.17) is 0 Å². The summed E-state index contributed by atoms with van der Waals surface area (Å²) in [6, 6.07) is 6.75. The van der Waals surface area contributed by atoms with Gasteiger partial charge in [-0.25, -0.2) is 0 Å². The molecular weight excluding hydrogens is 279 g/mol. The van der Waals surface area contributed by atoms with Gasteiger partial charge in [-0.05, 0) is 31.7 Å². The molecule has 0 aliphatic heterocycles. The van der Waals surface area contributed by atoms with E-state index in [-0.39, 0.29) is 12.5 Å². The van der Waals surface area contributed by atoms with Gasteiger partial charge in [-0.2, -0.15) is 13.2 Å². The third-order valence-electron chi connectivity index (χ3n) is 3.28. The van der Waals surface area contributed by atoms with E-state index in [9.17, 15) is 18.0 Å². The van der Waals surface area contributed by atoms with E-state index in [1.54, 1.807) is 25.1 Å². The number of halogens is 3. The summed E-state index contributed by atoms with van der Waals surface area (Å²) in [6.45, 7) is 7.38. The van der Waals surface area contributed by atoms with Gasteiger partial charge in [0.05, 0.1) is 0 Å². The van der Waals surface area contributed by atoms with Crippen molar-refractivity contribution in [3.63, 3.8) is 0 Å². The molecule has 2 nitrogen and oxygen atoms in total. The molecule has 1 unspecified atom stereocenters. The Morgan fingerprint density at radius 1 is 1.24 bits per heavy atom. The van der Waals surface area contributed by atoms with Gasteiger partial charge in [-0.15, -0.1) is 0 Å². The Balaban J connectivity index is 2.99. The average Bonchev–Trinajstić information content (AvgIpc) is 2.33. The van der Waals surface area contributed by atoms with Crippen molar-refractivity contribution in [1.82, 2.24) is 4.90 Å². The summed E-state index contributed by atoms with van der Waals surface area (Å²) in [5.41, 5.74) is 1.67. The zero-order valence-corrected chi connectivity index (χ0v) is 12.9. The molecule has 0 spiro atoms. The number of benzene rings is 1. The topological polar surface area (TPSA) is 20.3 Å². The Morgan fingerprint density at radius 2 is 1.86 bits per heavy atom. The number of carbonyl (C=O) groups is 1. The molecule has 118 valence electrons. The van der Waals surface area contributed by atoms with Crippen molar-refractivity contribution in [3.05, 3.63) is 35.4 Å². The average molecular weight is 301 g/mol. The van der Waals surface area contributed by atoms with E-state index in [0.29, 0.717) is 12.0 Å². The number of nitrogens with zero attached hydrogens (tertiary/aromatic N) is 1. The van der Waals surface area contributed by atoms with Crippen molar-refractivity contribution in [1.29, 1.82) is 0 Å². The monoisotopic (exact) mass is 301 g/mol. The van der Waals surface area contributed by atoms with Crippen LogP contribution in [0.3, 0.4) is 0 Å². The maximum absolute atomic E-state index is 12.8. The number of carbonyl (C=O) groups excluding carboxylic acids is 1. The van der Waals surface area contributed by atoms with Gasteiger partial charge < -0.3 is 4.90 Å². The van der Waals surface area contributed by atoms with Gasteiger partial charge in [-0.1, -0.05) is 43.7 Å². The molecule has 0 bridgehead atoms. The number of amides is 1. The summed E-state index contributed by atoms with van der Waals surface area (Å²) < 4.78 is 38.4. The first-order chi connectivity index (χ1) is 9.61. The number of hydrogen-bond acceptors (Lipinski definition) is 1. The van der Waals surface area contributed by atoms with E-state index in [2.05, 4.69) is 0 Å². The third kappa shape index (κ3) is 5.40. The second-order valence-corrected chi connectivity index (χ2v) is 5.90. The number of alkyl halides is 3. The summed E-state index contributed by atoms with van der Waals surface area (Å²) in [5.74, 6) is -1.54. The minimum absolute atomic E-state index is 0.0199. The number of aryl methyl sites for hydroxylation is 1. The molecule has 1 rings (SSSR count). The van der Waals surface area contributed by atoms with Crippen LogP contribution in [0.15, 0.2) is 24.3 Å². The van der Waals surface area contributed by atoms with Gasteiger partial charge in [0.1, 0.15) is 0 Å². The van der Waals surface area contributed by atoms with Gasteiger partial charge in [0.2, 0.25) is 0 Å². The lowest BCUT2D eigenvalue weighted by atomic mass is 10.0. The minimum atomic E-state index is -4.84. The fourth-order valence-corrected chi connectivity index (χ4v) is 2.41. The number of hydrogen-bond donors (Lipinski definition) is 0. The molecule has 1 aromatic carbocycles. The molecule has 1 amide bonds. The molecule has 0 aliphatic carbocycles. The standard InChI is InChI=1S/C16H22F3NO/c1-11(2)8-13(4)20(15(21)16(17,18)19)10-14-7-5-6-12(3)9-14/h5-7,9,11,13H,8,10H2,1-4H3. The fourth-order valence-electron chi connectivity index (χ4n) is 2.41. The van der Waals surface area contributed by atoms with Crippen molar-refractivity contribution >= 4 is 5.91 Å². The first-order valence-electron chi connectivity index (χ1n) is 7.04. The summed E-state index contributed by atoms with van der Waals surface area (Å²) in [5, 5.41) is 0. The Kier molecular flexibility index (Phi) is 5.81. The smallest absolute Gasteiger partial charge is 0.328 e. The molecule has 1 aromatic rings. The molecule has 0 fully saturated rings. The van der Waals surface area contributed by atoms with Crippen LogP contribution in [-0.4, -0.2) is 23.0 Å². The van der Waals surface area contributed by atoms with Gasteiger partial charge in [0.25, 0.3) is 0 Å². The first kappa shape index (κ1) is 17.5. The van der Waals surface area contributed by atoms with E-state index in [1.165, 1.54) is 0 Å². The molecule has 0 heterocycles. The summed E-state index contributed by atoms with van der Waals surface area (Å²) in [4.78, 5) is 12.6. The summed E-state index contributed by atoms with van der Waals surface area (Å²) >= 11 is 0. The second kappa shape index (κ2) is 6.96. The molecule has 5 heteroatoms. The minimum Gasteiger partial charge on any atom is -0.328 e. The van der Waals surface area contributed by atoms with Crippen LogP contribution in [0, 0.1) is 12.8 Å². The highest BCUT2D eigenvalue weighted by Gasteiger charge is 2.43. The van der Waals surface area contributed by atoms with Crippen molar-refractivity contribution < 1.29 is 18.0 Å². The van der Waals surface area contributed by atoms with Crippen molar-refractivity contribution in [2.75, 3.05) is 0 Å². The normalized spacial score (nSPS) is 13.3. The van der Waals surface area contributed by atoms with Crippen molar-refractivity contribution in [3.8, 4) is 0 Å². The molecule has 21 heavy (non-hydrogen) atoms. The summed E-state index contributed by atoms with van der Waals surface area (Å²) in [6.07, 6.45) is -4.30. The van der Waals surface area contributed by atoms with Crippen LogP contribution in [0.1, 0.15) is 38.3 Å². The van der Waals surface area contributed by atoms with Crippen LogP contribution in [0.4, 0.5) is 13.2 Å². The molecule has 0 aliphatic rings. The lowest BCUT2D eigenvalue weighted by Crippen LogP contribution is -2.46. The largest absolute Gasteiger partial charge is 0.471 e. The zero-order valence-electron chi connectivity index (χ0n) is 12.9. The van der Waals surface area contributed by atoms with Gasteiger partial charge in [-0.3, -0.25) is 4.79 Å². The second-order valence-electron chi connectivity index (χ2n) is 5.90. The van der Waals surface area contributed by atoms with Crippen molar-refractivity contribution in [2.24, 2.45) is 5.92 Å². The molecule has 0 aromatic heterocycles. The lowest BCUT2D eigenvalue weighted by molar-refractivity contribution is -0.188. The lowest BCUT2D eigenvalue weighted by Gasteiger charge is -2.31. The van der Waals surface area contributed by atoms with Crippen LogP contribution in [0.25, 0.3) is 0 Å². The maximum atomic E-state index is 12.8. The van der Waals surface area contributed by atoms with Gasteiger partial charge in [0, 0.05) is 12.6 Å². The van der Waals surface area contributed by atoms with E-state index in [0.717, 1.165) is 10.5 Å². The van der Waals surface area contributed by atoms with Gasteiger partial charge >= 0.3 is 12.1 Å². The van der Waals surface area contributed by atoms with E-state index in [1.807, 2.05) is 26.8 Å². The molecule has 0 saturated heterocycles. The third-order valence-corrected chi connectivity index (χ3v) is 3.28.